The summed E-state index contributed by atoms with van der Waals surface area (Å²) in [7, 11) is 0. The molecule has 6 heteroatoms. The van der Waals surface area contributed by atoms with Gasteiger partial charge in [0.05, 0.1) is 17.6 Å². The lowest BCUT2D eigenvalue weighted by atomic mass is 10.1. The van der Waals surface area contributed by atoms with Gasteiger partial charge >= 0.3 is 0 Å². The SMILES string of the molecule is Clc1ccc(CN2CCN(N=Cc3c(-c4ccccc4)nc4ccccn34)CC2)cc1. The van der Waals surface area contributed by atoms with Crippen LogP contribution < -0.4 is 0 Å². The van der Waals surface area contributed by atoms with Gasteiger partial charge in [-0.05, 0) is 29.8 Å². The molecule has 5 rings (SSSR count). The molecule has 1 saturated heterocycles. The number of fused-ring (bicyclic) bond motifs is 1. The van der Waals surface area contributed by atoms with Crippen LogP contribution in [0.2, 0.25) is 5.02 Å². The van der Waals surface area contributed by atoms with Crippen LogP contribution >= 0.6 is 11.6 Å². The van der Waals surface area contributed by atoms with Crippen molar-refractivity contribution in [1.82, 2.24) is 19.3 Å². The zero-order valence-electron chi connectivity index (χ0n) is 17.2. The van der Waals surface area contributed by atoms with Crippen molar-refractivity contribution >= 4 is 23.5 Å². The van der Waals surface area contributed by atoms with Gasteiger partial charge in [0, 0.05) is 49.5 Å². The van der Waals surface area contributed by atoms with Crippen molar-refractivity contribution in [1.29, 1.82) is 0 Å². The summed E-state index contributed by atoms with van der Waals surface area (Å²) in [6, 6.07) is 24.5. The van der Waals surface area contributed by atoms with Crippen LogP contribution in [0.4, 0.5) is 0 Å². The molecule has 0 bridgehead atoms. The highest BCUT2D eigenvalue weighted by molar-refractivity contribution is 6.30. The van der Waals surface area contributed by atoms with Crippen LogP contribution in [0.5, 0.6) is 0 Å². The number of hydrogen-bond donors (Lipinski definition) is 0. The first-order valence-electron chi connectivity index (χ1n) is 10.5. The van der Waals surface area contributed by atoms with Gasteiger partial charge in [-0.25, -0.2) is 4.98 Å². The highest BCUT2D eigenvalue weighted by atomic mass is 35.5. The molecule has 31 heavy (non-hydrogen) atoms. The lowest BCUT2D eigenvalue weighted by Gasteiger charge is -2.33. The average molecular weight is 430 g/mol. The quantitative estimate of drug-likeness (QED) is 0.427. The smallest absolute Gasteiger partial charge is 0.137 e. The minimum absolute atomic E-state index is 0.783. The summed E-state index contributed by atoms with van der Waals surface area (Å²) in [5.74, 6) is 0. The number of piperazine rings is 1. The Bertz CT molecular complexity index is 1180. The molecular weight excluding hydrogens is 406 g/mol. The molecule has 0 N–H and O–H groups in total. The molecule has 0 atom stereocenters. The molecular formula is C25H24ClN5. The summed E-state index contributed by atoms with van der Waals surface area (Å²) < 4.78 is 2.10. The lowest BCUT2D eigenvalue weighted by Crippen LogP contribution is -2.43. The zero-order valence-corrected chi connectivity index (χ0v) is 18.0. The number of rotatable bonds is 5. The van der Waals surface area contributed by atoms with Gasteiger partial charge < -0.3 is 0 Å². The highest BCUT2D eigenvalue weighted by Crippen LogP contribution is 2.23. The van der Waals surface area contributed by atoms with Gasteiger partial charge in [-0.3, -0.25) is 14.3 Å². The fourth-order valence-corrected chi connectivity index (χ4v) is 4.07. The maximum Gasteiger partial charge on any atom is 0.137 e. The topological polar surface area (TPSA) is 36.1 Å². The van der Waals surface area contributed by atoms with E-state index in [0.717, 1.165) is 60.3 Å². The second-order valence-corrected chi connectivity index (χ2v) is 8.18. The summed E-state index contributed by atoms with van der Waals surface area (Å²) in [6.07, 6.45) is 4.00. The van der Waals surface area contributed by atoms with Crippen molar-refractivity contribution in [2.24, 2.45) is 5.10 Å². The van der Waals surface area contributed by atoms with Crippen LogP contribution in [0, 0.1) is 0 Å². The van der Waals surface area contributed by atoms with E-state index in [1.54, 1.807) is 0 Å². The van der Waals surface area contributed by atoms with Crippen LogP contribution in [-0.2, 0) is 6.54 Å². The molecule has 2 aromatic carbocycles. The van der Waals surface area contributed by atoms with Crippen molar-refractivity contribution in [3.8, 4) is 11.3 Å². The van der Waals surface area contributed by atoms with E-state index in [4.69, 9.17) is 21.7 Å². The van der Waals surface area contributed by atoms with Gasteiger partial charge in [0.25, 0.3) is 0 Å². The number of aromatic nitrogens is 2. The first-order valence-corrected chi connectivity index (χ1v) is 10.9. The first kappa shape index (κ1) is 19.8. The Morgan fingerprint density at radius 1 is 0.871 bits per heavy atom. The molecule has 156 valence electrons. The Kier molecular flexibility index (Phi) is 5.69. The van der Waals surface area contributed by atoms with Crippen LogP contribution in [0.3, 0.4) is 0 Å². The molecule has 0 amide bonds. The van der Waals surface area contributed by atoms with E-state index in [1.807, 2.05) is 60.9 Å². The second-order valence-electron chi connectivity index (χ2n) is 7.74. The fourth-order valence-electron chi connectivity index (χ4n) is 3.94. The van der Waals surface area contributed by atoms with Crippen molar-refractivity contribution in [3.05, 3.63) is 95.3 Å². The minimum atomic E-state index is 0.783. The molecule has 1 aliphatic heterocycles. The third kappa shape index (κ3) is 4.48. The molecule has 5 nitrogen and oxygen atoms in total. The summed E-state index contributed by atoms with van der Waals surface area (Å²) in [5.41, 5.74) is 5.28. The molecule has 3 heterocycles. The predicted molar refractivity (Wildman–Crippen MR) is 127 cm³/mol. The monoisotopic (exact) mass is 429 g/mol. The highest BCUT2D eigenvalue weighted by Gasteiger charge is 2.17. The Labute approximate surface area is 187 Å². The number of hydrogen-bond acceptors (Lipinski definition) is 4. The lowest BCUT2D eigenvalue weighted by molar-refractivity contribution is 0.131. The van der Waals surface area contributed by atoms with Crippen LogP contribution in [0.25, 0.3) is 16.9 Å². The predicted octanol–water partition coefficient (Wildman–Crippen LogP) is 4.81. The Balaban J connectivity index is 1.30. The molecule has 0 radical (unpaired) electrons. The molecule has 4 aromatic rings. The molecule has 0 spiro atoms. The third-order valence-electron chi connectivity index (χ3n) is 5.63. The number of nitrogens with zero attached hydrogens (tertiary/aromatic N) is 5. The van der Waals surface area contributed by atoms with Gasteiger partial charge in [-0.1, -0.05) is 60.1 Å². The van der Waals surface area contributed by atoms with E-state index in [1.165, 1.54) is 5.56 Å². The molecule has 1 aliphatic rings. The second kappa shape index (κ2) is 8.92. The van der Waals surface area contributed by atoms with E-state index in [9.17, 15) is 0 Å². The van der Waals surface area contributed by atoms with Gasteiger partial charge in [0.2, 0.25) is 0 Å². The largest absolute Gasteiger partial charge is 0.298 e. The van der Waals surface area contributed by atoms with E-state index < -0.39 is 0 Å². The van der Waals surface area contributed by atoms with E-state index >= 15 is 0 Å². The third-order valence-corrected chi connectivity index (χ3v) is 5.88. The van der Waals surface area contributed by atoms with Gasteiger partial charge in [0.15, 0.2) is 0 Å². The van der Waals surface area contributed by atoms with E-state index in [0.29, 0.717) is 0 Å². The van der Waals surface area contributed by atoms with Crippen LogP contribution in [0.1, 0.15) is 11.3 Å². The summed E-state index contributed by atoms with van der Waals surface area (Å²) in [4.78, 5) is 7.30. The summed E-state index contributed by atoms with van der Waals surface area (Å²) in [6.45, 7) is 4.72. The Hall–Kier alpha value is -3.15. The minimum Gasteiger partial charge on any atom is -0.298 e. The number of halogens is 1. The van der Waals surface area contributed by atoms with E-state index in [-0.39, 0.29) is 0 Å². The van der Waals surface area contributed by atoms with Crippen molar-refractivity contribution in [3.63, 3.8) is 0 Å². The molecule has 0 aliphatic carbocycles. The summed E-state index contributed by atoms with van der Waals surface area (Å²) in [5, 5.41) is 7.75. The van der Waals surface area contributed by atoms with Gasteiger partial charge in [0.1, 0.15) is 5.65 Å². The zero-order chi connectivity index (χ0) is 21.0. The number of hydrazone groups is 1. The van der Waals surface area contributed by atoms with Crippen molar-refractivity contribution in [2.45, 2.75) is 6.54 Å². The first-order chi connectivity index (χ1) is 15.3. The molecule has 0 saturated carbocycles. The average Bonchev–Trinajstić information content (AvgIpc) is 3.19. The maximum atomic E-state index is 5.99. The van der Waals surface area contributed by atoms with Crippen molar-refractivity contribution in [2.75, 3.05) is 26.2 Å². The fraction of sp³-hybridized carbons (Fsp3) is 0.200. The number of imidazole rings is 1. The Morgan fingerprint density at radius 3 is 2.39 bits per heavy atom. The van der Waals surface area contributed by atoms with Gasteiger partial charge in [-0.15, -0.1) is 0 Å². The normalized spacial score (nSPS) is 15.2. The van der Waals surface area contributed by atoms with Crippen LogP contribution in [0.15, 0.2) is 84.1 Å². The standard InChI is InChI=1S/C25H24ClN5/c26-22-11-9-20(10-12-22)19-29-14-16-30(17-15-29)27-18-23-25(21-6-2-1-3-7-21)28-24-8-4-5-13-31(23)24/h1-13,18H,14-17,19H2. The Morgan fingerprint density at radius 2 is 1.61 bits per heavy atom. The van der Waals surface area contributed by atoms with Gasteiger partial charge in [-0.2, -0.15) is 5.10 Å². The molecule has 0 unspecified atom stereocenters. The summed E-state index contributed by atoms with van der Waals surface area (Å²) >= 11 is 5.99. The molecule has 1 fully saturated rings. The van der Waals surface area contributed by atoms with E-state index in [2.05, 4.69) is 38.6 Å². The molecule has 2 aromatic heterocycles. The van der Waals surface area contributed by atoms with Crippen molar-refractivity contribution < 1.29 is 0 Å². The van der Waals surface area contributed by atoms with Crippen LogP contribution in [-0.4, -0.2) is 51.7 Å². The maximum absolute atomic E-state index is 5.99. The number of benzene rings is 2. The number of pyridine rings is 1.